The Bertz CT molecular complexity index is 1120. The first-order valence-corrected chi connectivity index (χ1v) is 11.9. The smallest absolute Gasteiger partial charge is 0.391 e. The standard InChI is InChI=1S/C23H26B2F4N6O2/c24-22(25,21(30)37)34-8-7-14(17(36)11-34)9-31-19-18(26)20(33-12-32-19)35(16-5-6-16)10-13-1-3-15(4-2-13)23(27,28)29/h1-4,12,14,16-17,36H,5-11H2,(H2,30,37)(H,31,32,33)/t14?,17-/m1/s1. The van der Waals surface area contributed by atoms with Gasteiger partial charge in [-0.25, -0.2) is 9.97 Å². The predicted molar refractivity (Wildman–Crippen MR) is 130 cm³/mol. The molecule has 0 spiro atoms. The molecule has 8 nitrogen and oxygen atoms in total. The van der Waals surface area contributed by atoms with Gasteiger partial charge in [0.25, 0.3) is 0 Å². The zero-order valence-corrected chi connectivity index (χ0v) is 20.0. The Labute approximate surface area is 214 Å². The maximum atomic E-state index is 15.5. The minimum atomic E-state index is -4.43. The molecular formula is C23H26B2F4N6O2. The van der Waals surface area contributed by atoms with Crippen molar-refractivity contribution in [3.05, 3.63) is 47.5 Å². The number of alkyl halides is 3. The summed E-state index contributed by atoms with van der Waals surface area (Å²) in [6, 6.07) is 4.77. The number of aliphatic hydroxyl groups excluding tert-OH is 1. The SMILES string of the molecule is [B]C([B])(C(N)=O)N1CCC(CNc2ncnc(N(Cc3ccc(C(F)(F)F)cc3)C3CC3)c2F)[C@H](O)C1. The van der Waals surface area contributed by atoms with Crippen molar-refractivity contribution >= 4 is 33.2 Å². The zero-order chi connectivity index (χ0) is 27.0. The number of halogens is 4. The lowest BCUT2D eigenvalue weighted by Gasteiger charge is -2.44. The van der Waals surface area contributed by atoms with E-state index in [9.17, 15) is 23.1 Å². The van der Waals surface area contributed by atoms with Crippen LogP contribution in [0.15, 0.2) is 30.6 Å². The van der Waals surface area contributed by atoms with Crippen molar-refractivity contribution in [2.75, 3.05) is 29.9 Å². The lowest BCUT2D eigenvalue weighted by Crippen LogP contribution is -2.63. The summed E-state index contributed by atoms with van der Waals surface area (Å²) in [5.41, 5.74) is 5.08. The first-order chi connectivity index (χ1) is 17.4. The lowest BCUT2D eigenvalue weighted by atomic mass is 9.59. The van der Waals surface area contributed by atoms with Crippen molar-refractivity contribution in [2.45, 2.75) is 49.5 Å². The third-order valence-electron chi connectivity index (χ3n) is 6.84. The highest BCUT2D eigenvalue weighted by atomic mass is 19.4. The number of amides is 1. The number of nitrogens with one attached hydrogen (secondary N) is 1. The van der Waals surface area contributed by atoms with Crippen LogP contribution in [-0.4, -0.2) is 78.7 Å². The number of primary amides is 1. The molecule has 2 aromatic rings. The molecule has 1 amide bonds. The average molecular weight is 516 g/mol. The molecule has 1 aliphatic carbocycles. The Morgan fingerprint density at radius 3 is 2.43 bits per heavy atom. The maximum Gasteiger partial charge on any atom is 0.416 e. The summed E-state index contributed by atoms with van der Waals surface area (Å²) in [4.78, 5) is 22.7. The van der Waals surface area contributed by atoms with Crippen LogP contribution in [-0.2, 0) is 17.5 Å². The topological polar surface area (TPSA) is 108 Å². The van der Waals surface area contributed by atoms with E-state index in [0.717, 1.165) is 25.0 Å². The summed E-state index contributed by atoms with van der Waals surface area (Å²) in [5, 5.41) is 11.6. The number of nitrogens with zero attached hydrogens (tertiary/aromatic N) is 4. The van der Waals surface area contributed by atoms with E-state index in [2.05, 4.69) is 15.3 Å². The number of carbonyl (C=O) groups is 1. The Balaban J connectivity index is 1.43. The second kappa shape index (κ2) is 10.5. The van der Waals surface area contributed by atoms with Gasteiger partial charge in [-0.1, -0.05) is 12.1 Å². The van der Waals surface area contributed by atoms with Gasteiger partial charge in [0.1, 0.15) is 6.33 Å². The largest absolute Gasteiger partial charge is 0.416 e. The van der Waals surface area contributed by atoms with Crippen LogP contribution in [0.1, 0.15) is 30.4 Å². The second-order valence-electron chi connectivity index (χ2n) is 9.55. The average Bonchev–Trinajstić information content (AvgIpc) is 3.68. The monoisotopic (exact) mass is 516 g/mol. The number of anilines is 2. The van der Waals surface area contributed by atoms with Crippen molar-refractivity contribution < 1.29 is 27.5 Å². The summed E-state index contributed by atoms with van der Waals surface area (Å²) in [6.07, 6.45) is -2.08. The van der Waals surface area contributed by atoms with Gasteiger partial charge in [0, 0.05) is 36.9 Å². The van der Waals surface area contributed by atoms with Gasteiger partial charge < -0.3 is 26.0 Å². The summed E-state index contributed by atoms with van der Waals surface area (Å²) in [7, 11) is 11.5. The molecule has 14 heteroatoms. The second-order valence-corrected chi connectivity index (χ2v) is 9.55. The van der Waals surface area contributed by atoms with E-state index in [-0.39, 0.29) is 43.2 Å². The quantitative estimate of drug-likeness (QED) is 0.342. The highest BCUT2D eigenvalue weighted by molar-refractivity contribution is 6.50. The van der Waals surface area contributed by atoms with Gasteiger partial charge in [-0.3, -0.25) is 4.79 Å². The van der Waals surface area contributed by atoms with Gasteiger partial charge >= 0.3 is 6.18 Å². The molecule has 0 bridgehead atoms. The molecule has 4 radical (unpaired) electrons. The van der Waals surface area contributed by atoms with E-state index in [0.29, 0.717) is 18.5 Å². The maximum absolute atomic E-state index is 15.5. The van der Waals surface area contributed by atoms with Gasteiger partial charge in [-0.2, -0.15) is 17.6 Å². The molecule has 4 N–H and O–H groups in total. The van der Waals surface area contributed by atoms with Gasteiger partial charge in [-0.15, -0.1) is 0 Å². The van der Waals surface area contributed by atoms with Crippen LogP contribution < -0.4 is 16.0 Å². The molecule has 2 atom stereocenters. The molecule has 4 rings (SSSR count). The number of β-amino-alcohol motifs (C(OH)–C–C–N with tert-alkyl or cyclic N) is 1. The van der Waals surface area contributed by atoms with E-state index in [4.69, 9.17) is 21.4 Å². The summed E-state index contributed by atoms with van der Waals surface area (Å²) in [6.45, 7) is 0.693. The van der Waals surface area contributed by atoms with Gasteiger partial charge in [-0.05, 0) is 43.5 Å². The minimum Gasteiger partial charge on any atom is -0.391 e. The fourth-order valence-corrected chi connectivity index (χ4v) is 4.38. The fraction of sp³-hybridized carbons (Fsp3) is 0.522. The van der Waals surface area contributed by atoms with Crippen LogP contribution in [0.5, 0.6) is 0 Å². The molecule has 1 saturated heterocycles. The van der Waals surface area contributed by atoms with Crippen molar-refractivity contribution in [2.24, 2.45) is 11.7 Å². The van der Waals surface area contributed by atoms with Crippen LogP contribution >= 0.6 is 0 Å². The molecule has 1 unspecified atom stereocenters. The summed E-state index contributed by atoms with van der Waals surface area (Å²) < 4.78 is 54.1. The molecule has 2 fully saturated rings. The Morgan fingerprint density at radius 1 is 1.19 bits per heavy atom. The predicted octanol–water partition coefficient (Wildman–Crippen LogP) is 1.37. The number of aromatic nitrogens is 2. The number of carbonyl (C=O) groups excluding carboxylic acids is 1. The van der Waals surface area contributed by atoms with Crippen LogP contribution in [0.25, 0.3) is 0 Å². The van der Waals surface area contributed by atoms with E-state index in [1.54, 1.807) is 4.90 Å². The van der Waals surface area contributed by atoms with Crippen LogP contribution in [0.3, 0.4) is 0 Å². The van der Waals surface area contributed by atoms with Crippen molar-refractivity contribution in [1.82, 2.24) is 14.9 Å². The summed E-state index contributed by atoms with van der Waals surface area (Å²) >= 11 is 0. The Morgan fingerprint density at radius 2 is 1.86 bits per heavy atom. The van der Waals surface area contributed by atoms with Crippen LogP contribution in [0.2, 0.25) is 0 Å². The van der Waals surface area contributed by atoms with Crippen molar-refractivity contribution in [3.63, 3.8) is 0 Å². The van der Waals surface area contributed by atoms with Gasteiger partial charge in [0.2, 0.25) is 11.7 Å². The first-order valence-electron chi connectivity index (χ1n) is 11.9. The van der Waals surface area contributed by atoms with Crippen molar-refractivity contribution in [3.8, 4) is 0 Å². The van der Waals surface area contributed by atoms with Gasteiger partial charge in [0.05, 0.1) is 27.4 Å². The molecule has 2 aliphatic rings. The molecule has 1 aromatic heterocycles. The Kier molecular flexibility index (Phi) is 7.70. The number of likely N-dealkylation sites (tertiary alicyclic amines) is 1. The molecule has 37 heavy (non-hydrogen) atoms. The number of hydrogen-bond acceptors (Lipinski definition) is 7. The minimum absolute atomic E-state index is 0.0162. The van der Waals surface area contributed by atoms with E-state index in [1.807, 2.05) is 0 Å². The molecule has 1 saturated carbocycles. The Hall–Kier alpha value is -2.86. The number of piperidine rings is 1. The lowest BCUT2D eigenvalue weighted by molar-refractivity contribution is -0.137. The fourth-order valence-electron chi connectivity index (χ4n) is 4.38. The van der Waals surface area contributed by atoms with E-state index >= 15 is 4.39 Å². The molecular weight excluding hydrogens is 490 g/mol. The number of hydrogen-bond donors (Lipinski definition) is 3. The number of aliphatic hydroxyl groups is 1. The number of benzene rings is 1. The van der Waals surface area contributed by atoms with E-state index in [1.165, 1.54) is 23.4 Å². The third kappa shape index (κ3) is 6.17. The first kappa shape index (κ1) is 27.2. The summed E-state index contributed by atoms with van der Waals surface area (Å²) in [5.74, 6) is -1.91. The molecule has 1 aliphatic heterocycles. The zero-order valence-electron chi connectivity index (χ0n) is 20.0. The molecule has 2 heterocycles. The van der Waals surface area contributed by atoms with Crippen LogP contribution in [0.4, 0.5) is 29.2 Å². The normalized spacial score (nSPS) is 21.0. The molecule has 194 valence electrons. The van der Waals surface area contributed by atoms with Gasteiger partial charge in [0.15, 0.2) is 11.6 Å². The van der Waals surface area contributed by atoms with E-state index < -0.39 is 34.9 Å². The third-order valence-corrected chi connectivity index (χ3v) is 6.84. The number of rotatable bonds is 9. The number of nitrogens with two attached hydrogens (primary N) is 1. The molecule has 1 aromatic carbocycles. The van der Waals surface area contributed by atoms with Crippen LogP contribution in [0, 0.1) is 11.7 Å². The highest BCUT2D eigenvalue weighted by Gasteiger charge is 2.38. The van der Waals surface area contributed by atoms with Crippen molar-refractivity contribution in [1.29, 1.82) is 0 Å². The highest BCUT2D eigenvalue weighted by Crippen LogP contribution is 2.35.